The molecule has 0 saturated carbocycles. The van der Waals surface area contributed by atoms with Crippen LogP contribution in [0, 0.1) is 0 Å². The summed E-state index contributed by atoms with van der Waals surface area (Å²) in [6.07, 6.45) is 2.70. The summed E-state index contributed by atoms with van der Waals surface area (Å²) in [7, 11) is 0. The quantitative estimate of drug-likeness (QED) is 0.256. The molecule has 0 spiro atoms. The molecular weight excluding hydrogens is 536 g/mol. The van der Waals surface area contributed by atoms with Crippen LogP contribution in [-0.2, 0) is 13.0 Å². The Hall–Kier alpha value is -4.63. The van der Waals surface area contributed by atoms with E-state index in [4.69, 9.17) is 26.6 Å². The topological polar surface area (TPSA) is 91.2 Å². The molecule has 1 aliphatic rings. The van der Waals surface area contributed by atoms with E-state index in [0.29, 0.717) is 55.2 Å². The number of fused-ring (bicyclic) bond motifs is 1. The number of hydrogen-bond donors (Lipinski definition) is 2. The Labute approximate surface area is 243 Å². The number of benzene rings is 3. The van der Waals surface area contributed by atoms with Gasteiger partial charge in [0.1, 0.15) is 0 Å². The molecule has 10 heteroatoms. The van der Waals surface area contributed by atoms with Crippen LogP contribution >= 0.6 is 11.6 Å². The zero-order chi connectivity index (χ0) is 28.0. The fourth-order valence-electron chi connectivity index (χ4n) is 4.94. The molecule has 0 radical (unpaired) electrons. The highest BCUT2D eigenvalue weighted by Gasteiger charge is 2.24. The van der Waals surface area contributed by atoms with Crippen molar-refractivity contribution in [2.45, 2.75) is 13.0 Å². The van der Waals surface area contributed by atoms with Crippen LogP contribution in [0.2, 0.25) is 5.02 Å². The van der Waals surface area contributed by atoms with E-state index in [9.17, 15) is 4.79 Å². The maximum atomic E-state index is 12.9. The maximum absolute atomic E-state index is 12.9. The predicted octanol–water partition coefficient (Wildman–Crippen LogP) is 5.54. The van der Waals surface area contributed by atoms with E-state index < -0.39 is 0 Å². The summed E-state index contributed by atoms with van der Waals surface area (Å²) in [6.45, 7) is 3.71. The standard InChI is InChI=1S/C31H31ClN8O/c32-25-12-7-13-26(20-25)35-31(41)39-18-16-38(17-19-39)30-36-28(33-15-14-23-8-3-1-4-9-23)27-29(37-30)40(22-34-27)21-24-10-5-2-6-11-24/h1-13,20,22H,14-19,21H2,(H,35,41)(H,33,36,37). The first-order valence-electron chi connectivity index (χ1n) is 13.7. The van der Waals surface area contributed by atoms with E-state index in [1.165, 1.54) is 11.1 Å². The third-order valence-electron chi connectivity index (χ3n) is 7.12. The highest BCUT2D eigenvalue weighted by molar-refractivity contribution is 6.30. The van der Waals surface area contributed by atoms with Crippen molar-refractivity contribution >= 4 is 46.2 Å². The first-order chi connectivity index (χ1) is 20.1. The number of aromatic nitrogens is 4. The van der Waals surface area contributed by atoms with Gasteiger partial charge in [-0.05, 0) is 35.7 Å². The van der Waals surface area contributed by atoms with Gasteiger partial charge in [0, 0.05) is 43.4 Å². The SMILES string of the molecule is O=C(Nc1cccc(Cl)c1)N1CCN(c2nc(NCCc3ccccc3)c3ncn(Cc4ccccc4)c3n2)CC1. The van der Waals surface area contributed by atoms with Gasteiger partial charge in [-0.3, -0.25) is 0 Å². The van der Waals surface area contributed by atoms with Crippen LogP contribution in [0.15, 0.2) is 91.3 Å². The number of anilines is 3. The number of hydrogen-bond acceptors (Lipinski definition) is 6. The summed E-state index contributed by atoms with van der Waals surface area (Å²) in [5.41, 5.74) is 4.63. The highest BCUT2D eigenvalue weighted by Crippen LogP contribution is 2.25. The minimum atomic E-state index is -0.146. The van der Waals surface area contributed by atoms with Crippen molar-refractivity contribution in [3.8, 4) is 0 Å². The van der Waals surface area contributed by atoms with Gasteiger partial charge in [-0.2, -0.15) is 9.97 Å². The fraction of sp³-hybridized carbons (Fsp3) is 0.226. The Morgan fingerprint density at radius 2 is 1.59 bits per heavy atom. The number of carbonyl (C=O) groups is 1. The Bertz CT molecular complexity index is 1620. The molecule has 2 aromatic heterocycles. The van der Waals surface area contributed by atoms with Gasteiger partial charge in [-0.1, -0.05) is 78.3 Å². The molecule has 0 atom stereocenters. The minimum absolute atomic E-state index is 0.146. The Morgan fingerprint density at radius 3 is 2.32 bits per heavy atom. The van der Waals surface area contributed by atoms with Crippen molar-refractivity contribution in [3.05, 3.63) is 107 Å². The fourth-order valence-corrected chi connectivity index (χ4v) is 5.13. The molecule has 0 bridgehead atoms. The number of nitrogens with zero attached hydrogens (tertiary/aromatic N) is 6. The molecule has 0 aliphatic carbocycles. The van der Waals surface area contributed by atoms with Gasteiger partial charge < -0.3 is 25.0 Å². The molecule has 41 heavy (non-hydrogen) atoms. The van der Waals surface area contributed by atoms with Crippen LogP contribution in [0.1, 0.15) is 11.1 Å². The zero-order valence-corrected chi connectivity index (χ0v) is 23.3. The first kappa shape index (κ1) is 26.6. The second-order valence-electron chi connectivity index (χ2n) is 9.98. The Morgan fingerprint density at radius 1 is 0.854 bits per heavy atom. The number of halogens is 1. The molecule has 9 nitrogen and oxygen atoms in total. The van der Waals surface area contributed by atoms with E-state index in [1.807, 2.05) is 42.7 Å². The zero-order valence-electron chi connectivity index (χ0n) is 22.6. The first-order valence-corrected chi connectivity index (χ1v) is 14.1. The molecule has 3 heterocycles. The van der Waals surface area contributed by atoms with Crippen LogP contribution in [0.5, 0.6) is 0 Å². The third kappa shape index (κ3) is 6.41. The lowest BCUT2D eigenvalue weighted by Gasteiger charge is -2.34. The average Bonchev–Trinajstić information content (AvgIpc) is 3.41. The second-order valence-corrected chi connectivity index (χ2v) is 10.4. The van der Waals surface area contributed by atoms with Crippen molar-refractivity contribution < 1.29 is 4.79 Å². The highest BCUT2D eigenvalue weighted by atomic mass is 35.5. The van der Waals surface area contributed by atoms with Crippen LogP contribution < -0.4 is 15.5 Å². The van der Waals surface area contributed by atoms with E-state index in [-0.39, 0.29) is 6.03 Å². The molecule has 1 aliphatic heterocycles. The van der Waals surface area contributed by atoms with Gasteiger partial charge in [0.2, 0.25) is 5.95 Å². The van der Waals surface area contributed by atoms with Crippen molar-refractivity contribution in [1.82, 2.24) is 24.4 Å². The number of rotatable bonds is 8. The maximum Gasteiger partial charge on any atom is 0.321 e. The molecule has 6 rings (SSSR count). The molecule has 3 aromatic carbocycles. The van der Waals surface area contributed by atoms with E-state index >= 15 is 0 Å². The average molecular weight is 567 g/mol. The van der Waals surface area contributed by atoms with Crippen LogP contribution in [-0.4, -0.2) is 63.2 Å². The van der Waals surface area contributed by atoms with Gasteiger partial charge >= 0.3 is 6.03 Å². The third-order valence-corrected chi connectivity index (χ3v) is 7.36. The Balaban J connectivity index is 1.20. The minimum Gasteiger partial charge on any atom is -0.368 e. The number of urea groups is 1. The molecule has 1 saturated heterocycles. The lowest BCUT2D eigenvalue weighted by molar-refractivity contribution is 0.208. The van der Waals surface area contributed by atoms with Gasteiger partial charge in [0.05, 0.1) is 12.9 Å². The summed E-state index contributed by atoms with van der Waals surface area (Å²) < 4.78 is 2.06. The van der Waals surface area contributed by atoms with E-state index in [1.54, 1.807) is 17.0 Å². The Kier molecular flexibility index (Phi) is 7.95. The van der Waals surface area contributed by atoms with Crippen molar-refractivity contribution in [2.24, 2.45) is 0 Å². The van der Waals surface area contributed by atoms with E-state index in [2.05, 4.69) is 56.5 Å². The van der Waals surface area contributed by atoms with Gasteiger partial charge in [-0.15, -0.1) is 0 Å². The lowest BCUT2D eigenvalue weighted by atomic mass is 10.1. The van der Waals surface area contributed by atoms with Crippen molar-refractivity contribution in [3.63, 3.8) is 0 Å². The summed E-state index contributed by atoms with van der Waals surface area (Å²) >= 11 is 6.07. The molecule has 2 N–H and O–H groups in total. The summed E-state index contributed by atoms with van der Waals surface area (Å²) in [4.78, 5) is 31.4. The van der Waals surface area contributed by atoms with E-state index in [0.717, 1.165) is 24.1 Å². The van der Waals surface area contributed by atoms with Gasteiger partial charge in [0.25, 0.3) is 0 Å². The second kappa shape index (κ2) is 12.3. The number of piperazine rings is 1. The van der Waals surface area contributed by atoms with Crippen LogP contribution in [0.25, 0.3) is 11.2 Å². The summed E-state index contributed by atoms with van der Waals surface area (Å²) in [6, 6.07) is 27.7. The van der Waals surface area contributed by atoms with Crippen molar-refractivity contribution in [1.29, 1.82) is 0 Å². The molecule has 0 unspecified atom stereocenters. The largest absolute Gasteiger partial charge is 0.368 e. The molecule has 1 fully saturated rings. The number of imidazole rings is 1. The smallest absolute Gasteiger partial charge is 0.321 e. The number of carbonyl (C=O) groups excluding carboxylic acids is 1. The number of amides is 2. The summed E-state index contributed by atoms with van der Waals surface area (Å²) in [5, 5.41) is 7.03. The monoisotopic (exact) mass is 566 g/mol. The predicted molar refractivity (Wildman–Crippen MR) is 164 cm³/mol. The van der Waals surface area contributed by atoms with Gasteiger partial charge in [-0.25, -0.2) is 9.78 Å². The molecular formula is C31H31ClN8O. The lowest BCUT2D eigenvalue weighted by Crippen LogP contribution is -2.50. The van der Waals surface area contributed by atoms with Crippen LogP contribution in [0.3, 0.4) is 0 Å². The van der Waals surface area contributed by atoms with Gasteiger partial charge in [0.15, 0.2) is 17.0 Å². The molecule has 208 valence electrons. The number of nitrogens with one attached hydrogen (secondary N) is 2. The molecule has 2 amide bonds. The van der Waals surface area contributed by atoms with Crippen molar-refractivity contribution in [2.75, 3.05) is 48.3 Å². The normalized spacial score (nSPS) is 13.4. The van der Waals surface area contributed by atoms with Crippen LogP contribution in [0.4, 0.5) is 22.2 Å². The molecule has 5 aromatic rings. The summed E-state index contributed by atoms with van der Waals surface area (Å²) in [5.74, 6) is 1.35.